The van der Waals surface area contributed by atoms with E-state index in [-0.39, 0.29) is 33.5 Å². The summed E-state index contributed by atoms with van der Waals surface area (Å²) in [6.07, 6.45) is -0.327. The van der Waals surface area contributed by atoms with E-state index >= 15 is 0 Å². The number of carbonyl (C=O) groups is 2. The number of halogens is 2. The Balaban J connectivity index is 2.64. The Morgan fingerprint density at radius 3 is 2.59 bits per heavy atom. The summed E-state index contributed by atoms with van der Waals surface area (Å²) in [7, 11) is 0. The molecule has 2 rings (SSSR count). The van der Waals surface area contributed by atoms with Crippen LogP contribution in [0.1, 0.15) is 18.9 Å². The van der Waals surface area contributed by atoms with Crippen LogP contribution in [0, 0.1) is 0 Å². The zero-order valence-corrected chi connectivity index (χ0v) is 10.4. The Morgan fingerprint density at radius 2 is 2.00 bits per heavy atom. The van der Waals surface area contributed by atoms with E-state index in [1.54, 1.807) is 0 Å². The van der Waals surface area contributed by atoms with Crippen LogP contribution in [0.2, 0.25) is 10.0 Å². The lowest BCUT2D eigenvalue weighted by Gasteiger charge is -2.20. The Labute approximate surface area is 108 Å². The van der Waals surface area contributed by atoms with Gasteiger partial charge in [0.1, 0.15) is 5.78 Å². The minimum Gasteiger partial charge on any atom is -0.375 e. The highest BCUT2D eigenvalue weighted by Gasteiger charge is 2.48. The first kappa shape index (κ1) is 12.4. The predicted octanol–water partition coefficient (Wildman–Crippen LogP) is 2.11. The molecule has 1 aliphatic heterocycles. The average Bonchev–Trinajstić information content (AvgIpc) is 2.46. The first-order chi connectivity index (χ1) is 7.86. The van der Waals surface area contributed by atoms with Gasteiger partial charge in [0.05, 0.1) is 10.7 Å². The van der Waals surface area contributed by atoms with Gasteiger partial charge in [-0.05, 0) is 19.1 Å². The van der Waals surface area contributed by atoms with Crippen molar-refractivity contribution in [1.82, 2.24) is 0 Å². The van der Waals surface area contributed by atoms with Crippen molar-refractivity contribution in [3.63, 3.8) is 0 Å². The fourth-order valence-electron chi connectivity index (χ4n) is 1.94. The molecule has 6 heteroatoms. The van der Waals surface area contributed by atoms with Crippen molar-refractivity contribution in [3.8, 4) is 0 Å². The molecule has 0 fully saturated rings. The van der Waals surface area contributed by atoms with E-state index in [1.165, 1.54) is 19.1 Å². The maximum Gasteiger partial charge on any atom is 0.261 e. The summed E-state index contributed by atoms with van der Waals surface area (Å²) in [5.41, 5.74) is -1.48. The lowest BCUT2D eigenvalue weighted by molar-refractivity contribution is -0.139. The van der Waals surface area contributed by atoms with Gasteiger partial charge in [-0.3, -0.25) is 9.59 Å². The number of rotatable bonds is 2. The van der Waals surface area contributed by atoms with Crippen molar-refractivity contribution in [2.75, 3.05) is 5.32 Å². The third kappa shape index (κ3) is 1.82. The van der Waals surface area contributed by atoms with Gasteiger partial charge in [-0.2, -0.15) is 0 Å². The van der Waals surface area contributed by atoms with Gasteiger partial charge in [-0.1, -0.05) is 23.2 Å². The number of nitrogens with one attached hydrogen (secondary N) is 1. The quantitative estimate of drug-likeness (QED) is 0.868. The largest absolute Gasteiger partial charge is 0.375 e. The second kappa shape index (κ2) is 3.98. The maximum atomic E-state index is 11.8. The lowest BCUT2D eigenvalue weighted by atomic mass is 9.90. The molecule has 17 heavy (non-hydrogen) atoms. The van der Waals surface area contributed by atoms with E-state index in [4.69, 9.17) is 23.2 Å². The summed E-state index contributed by atoms with van der Waals surface area (Å²) in [6, 6.07) is 3.00. The monoisotopic (exact) mass is 273 g/mol. The molecule has 1 aromatic carbocycles. The van der Waals surface area contributed by atoms with Gasteiger partial charge in [0.2, 0.25) is 0 Å². The van der Waals surface area contributed by atoms with Crippen molar-refractivity contribution in [2.24, 2.45) is 0 Å². The van der Waals surface area contributed by atoms with Crippen LogP contribution >= 0.6 is 23.2 Å². The summed E-state index contributed by atoms with van der Waals surface area (Å²) in [4.78, 5) is 22.9. The van der Waals surface area contributed by atoms with Crippen LogP contribution in [0.3, 0.4) is 0 Å². The molecule has 0 radical (unpaired) electrons. The van der Waals surface area contributed by atoms with Crippen LogP contribution in [0.25, 0.3) is 0 Å². The molecule has 2 N–H and O–H groups in total. The molecule has 1 atom stereocenters. The van der Waals surface area contributed by atoms with Crippen LogP contribution in [0.15, 0.2) is 12.1 Å². The van der Waals surface area contributed by atoms with Gasteiger partial charge in [-0.15, -0.1) is 0 Å². The van der Waals surface area contributed by atoms with Gasteiger partial charge in [0, 0.05) is 17.0 Å². The molecule has 0 aliphatic carbocycles. The molecule has 0 aromatic heterocycles. The molecule has 1 heterocycles. The molecule has 0 saturated carbocycles. The predicted molar refractivity (Wildman–Crippen MR) is 64.3 cm³/mol. The number of amides is 1. The third-order valence-electron chi connectivity index (χ3n) is 2.64. The normalized spacial score (nSPS) is 22.2. The summed E-state index contributed by atoms with van der Waals surface area (Å²) in [5, 5.41) is 13.2. The Bertz CT molecular complexity index is 530. The number of carbonyl (C=O) groups excluding carboxylic acids is 2. The highest BCUT2D eigenvalue weighted by atomic mass is 35.5. The second-order valence-electron chi connectivity index (χ2n) is 3.97. The molecular weight excluding hydrogens is 265 g/mol. The van der Waals surface area contributed by atoms with Gasteiger partial charge in [0.15, 0.2) is 5.60 Å². The minimum absolute atomic E-state index is 0.173. The topological polar surface area (TPSA) is 66.4 Å². The smallest absolute Gasteiger partial charge is 0.261 e. The summed E-state index contributed by atoms with van der Waals surface area (Å²) < 4.78 is 0. The summed E-state index contributed by atoms with van der Waals surface area (Å²) in [5.74, 6) is -0.996. The van der Waals surface area contributed by atoms with Crippen molar-refractivity contribution < 1.29 is 14.7 Å². The van der Waals surface area contributed by atoms with Crippen molar-refractivity contribution in [2.45, 2.75) is 18.9 Å². The van der Waals surface area contributed by atoms with Crippen LogP contribution in [-0.2, 0) is 15.2 Å². The van der Waals surface area contributed by atoms with E-state index in [1.807, 2.05) is 0 Å². The lowest BCUT2D eigenvalue weighted by Crippen LogP contribution is -2.36. The molecule has 0 spiro atoms. The molecule has 0 bridgehead atoms. The number of ketones is 1. The highest BCUT2D eigenvalue weighted by molar-refractivity contribution is 6.38. The van der Waals surface area contributed by atoms with E-state index < -0.39 is 11.5 Å². The maximum absolute atomic E-state index is 11.8. The van der Waals surface area contributed by atoms with Crippen LogP contribution in [0.4, 0.5) is 5.69 Å². The average molecular weight is 274 g/mol. The molecule has 4 nitrogen and oxygen atoms in total. The molecule has 1 aliphatic rings. The SMILES string of the molecule is CC(=O)C[C@]1(O)C(=O)Nc2c(Cl)ccc(Cl)c21. The van der Waals surface area contributed by atoms with Gasteiger partial charge >= 0.3 is 0 Å². The van der Waals surface area contributed by atoms with Gasteiger partial charge in [-0.25, -0.2) is 0 Å². The van der Waals surface area contributed by atoms with E-state index in [0.29, 0.717) is 0 Å². The highest BCUT2D eigenvalue weighted by Crippen LogP contribution is 2.45. The van der Waals surface area contributed by atoms with Gasteiger partial charge in [0.25, 0.3) is 5.91 Å². The van der Waals surface area contributed by atoms with Crippen molar-refractivity contribution in [3.05, 3.63) is 27.7 Å². The Hall–Kier alpha value is -1.10. The van der Waals surface area contributed by atoms with E-state index in [0.717, 1.165) is 0 Å². The zero-order valence-electron chi connectivity index (χ0n) is 8.88. The summed E-state index contributed by atoms with van der Waals surface area (Å²) in [6.45, 7) is 1.29. The molecule has 0 unspecified atom stereocenters. The fourth-order valence-corrected chi connectivity index (χ4v) is 2.46. The van der Waals surface area contributed by atoms with E-state index in [2.05, 4.69) is 5.32 Å². The Morgan fingerprint density at radius 1 is 1.41 bits per heavy atom. The first-order valence-electron chi connectivity index (χ1n) is 4.88. The number of Topliss-reactive ketones (excluding diaryl/α,β-unsaturated/α-hetero) is 1. The fraction of sp³-hybridized carbons (Fsp3) is 0.273. The molecule has 1 aromatic rings. The van der Waals surface area contributed by atoms with Crippen molar-refractivity contribution >= 4 is 40.6 Å². The van der Waals surface area contributed by atoms with E-state index in [9.17, 15) is 14.7 Å². The molecule has 0 saturated heterocycles. The number of fused-ring (bicyclic) bond motifs is 1. The third-order valence-corrected chi connectivity index (χ3v) is 3.27. The number of hydrogen-bond acceptors (Lipinski definition) is 3. The minimum atomic E-state index is -1.93. The summed E-state index contributed by atoms with van der Waals surface area (Å²) >= 11 is 11.9. The van der Waals surface area contributed by atoms with Crippen LogP contribution < -0.4 is 5.32 Å². The standard InChI is InChI=1S/C11H9Cl2NO3/c1-5(15)4-11(17)8-6(12)2-3-7(13)9(8)14-10(11)16/h2-3,17H,4H2,1H3,(H,14,16)/t11-/m1/s1. The first-order valence-corrected chi connectivity index (χ1v) is 5.63. The number of aliphatic hydroxyl groups is 1. The van der Waals surface area contributed by atoms with Crippen LogP contribution in [-0.4, -0.2) is 16.8 Å². The number of benzene rings is 1. The van der Waals surface area contributed by atoms with Crippen LogP contribution in [0.5, 0.6) is 0 Å². The molecule has 1 amide bonds. The number of hydrogen-bond donors (Lipinski definition) is 2. The Kier molecular flexibility index (Phi) is 2.89. The van der Waals surface area contributed by atoms with Gasteiger partial charge < -0.3 is 10.4 Å². The molecule has 90 valence electrons. The number of anilines is 1. The molecular formula is C11H9Cl2NO3. The second-order valence-corrected chi connectivity index (χ2v) is 4.79. The zero-order chi connectivity index (χ0) is 12.8. The van der Waals surface area contributed by atoms with Crippen molar-refractivity contribution in [1.29, 1.82) is 0 Å².